The second-order valence-electron chi connectivity index (χ2n) is 7.56. The Labute approximate surface area is 147 Å². The van der Waals surface area contributed by atoms with Crippen LogP contribution in [-0.4, -0.2) is 18.8 Å². The zero-order chi connectivity index (χ0) is 18.0. The third-order valence-corrected chi connectivity index (χ3v) is 10.5. The Morgan fingerprint density at radius 1 is 0.958 bits per heavy atom. The SMILES string of the molecule is CC(C)(C)[Si](C)(C)Oc1ccc(N=S(C)(=O)c2ccccc2)cc1. The summed E-state index contributed by atoms with van der Waals surface area (Å²) in [6.07, 6.45) is 1.67. The van der Waals surface area contributed by atoms with Crippen LogP contribution < -0.4 is 4.43 Å². The van der Waals surface area contributed by atoms with Crippen molar-refractivity contribution in [3.05, 3.63) is 54.6 Å². The van der Waals surface area contributed by atoms with Crippen molar-refractivity contribution in [3.8, 4) is 5.75 Å². The molecule has 0 aliphatic heterocycles. The van der Waals surface area contributed by atoms with Crippen LogP contribution in [-0.2, 0) is 9.73 Å². The first kappa shape index (κ1) is 18.7. The molecule has 0 aliphatic rings. The molecule has 130 valence electrons. The van der Waals surface area contributed by atoms with E-state index in [1.165, 1.54) is 0 Å². The van der Waals surface area contributed by atoms with Crippen molar-refractivity contribution >= 4 is 23.7 Å². The van der Waals surface area contributed by atoms with E-state index in [4.69, 9.17) is 4.43 Å². The molecule has 0 fully saturated rings. The highest BCUT2D eigenvalue weighted by atomic mass is 32.2. The lowest BCUT2D eigenvalue weighted by Gasteiger charge is -2.36. The van der Waals surface area contributed by atoms with E-state index in [-0.39, 0.29) is 5.04 Å². The average Bonchev–Trinajstić information content (AvgIpc) is 2.48. The van der Waals surface area contributed by atoms with Gasteiger partial charge >= 0.3 is 0 Å². The van der Waals surface area contributed by atoms with Crippen molar-refractivity contribution in [2.45, 2.75) is 43.8 Å². The molecule has 24 heavy (non-hydrogen) atoms. The van der Waals surface area contributed by atoms with Crippen LogP contribution in [0.3, 0.4) is 0 Å². The first-order valence-corrected chi connectivity index (χ1v) is 12.9. The molecule has 2 aromatic rings. The zero-order valence-corrected chi connectivity index (χ0v) is 17.2. The van der Waals surface area contributed by atoms with Gasteiger partial charge in [-0.2, -0.15) is 4.36 Å². The fraction of sp³-hybridized carbons (Fsp3) is 0.368. The Balaban J connectivity index is 2.25. The van der Waals surface area contributed by atoms with Crippen LogP contribution in [0.5, 0.6) is 5.75 Å². The molecule has 1 atom stereocenters. The van der Waals surface area contributed by atoms with Crippen molar-refractivity contribution in [1.29, 1.82) is 0 Å². The van der Waals surface area contributed by atoms with Gasteiger partial charge in [-0.25, -0.2) is 4.21 Å². The van der Waals surface area contributed by atoms with Crippen molar-refractivity contribution in [2.75, 3.05) is 6.26 Å². The molecule has 0 heterocycles. The molecule has 1 unspecified atom stereocenters. The van der Waals surface area contributed by atoms with Gasteiger partial charge in [-0.1, -0.05) is 39.0 Å². The maximum atomic E-state index is 12.8. The monoisotopic (exact) mass is 361 g/mol. The van der Waals surface area contributed by atoms with Crippen LogP contribution in [0.15, 0.2) is 63.9 Å². The van der Waals surface area contributed by atoms with Crippen molar-refractivity contribution in [2.24, 2.45) is 4.36 Å². The lowest BCUT2D eigenvalue weighted by atomic mass is 10.2. The molecule has 5 heteroatoms. The highest BCUT2D eigenvalue weighted by Crippen LogP contribution is 2.37. The van der Waals surface area contributed by atoms with E-state index in [0.717, 1.165) is 10.6 Å². The van der Waals surface area contributed by atoms with Crippen LogP contribution in [0, 0.1) is 0 Å². The molecule has 0 radical (unpaired) electrons. The van der Waals surface area contributed by atoms with Crippen LogP contribution in [0.25, 0.3) is 0 Å². The van der Waals surface area contributed by atoms with E-state index in [0.29, 0.717) is 5.69 Å². The summed E-state index contributed by atoms with van der Waals surface area (Å²) in [6.45, 7) is 11.1. The Hall–Kier alpha value is -1.59. The number of rotatable bonds is 4. The smallest absolute Gasteiger partial charge is 0.250 e. The van der Waals surface area contributed by atoms with E-state index < -0.39 is 18.0 Å². The van der Waals surface area contributed by atoms with Crippen molar-refractivity contribution in [3.63, 3.8) is 0 Å². The third kappa shape index (κ3) is 4.48. The molecule has 0 spiro atoms. The molecule has 3 nitrogen and oxygen atoms in total. The van der Waals surface area contributed by atoms with Gasteiger partial charge in [-0.3, -0.25) is 0 Å². The first-order valence-electron chi connectivity index (χ1n) is 8.08. The van der Waals surface area contributed by atoms with Crippen LogP contribution in [0.1, 0.15) is 20.8 Å². The fourth-order valence-corrected chi connectivity index (χ4v) is 4.27. The zero-order valence-electron chi connectivity index (χ0n) is 15.4. The van der Waals surface area contributed by atoms with Crippen LogP contribution in [0.4, 0.5) is 5.69 Å². The van der Waals surface area contributed by atoms with Crippen LogP contribution >= 0.6 is 0 Å². The lowest BCUT2D eigenvalue weighted by Crippen LogP contribution is -2.43. The highest BCUT2D eigenvalue weighted by Gasteiger charge is 2.38. The Bertz CT molecular complexity index is 800. The molecule has 0 aliphatic carbocycles. The summed E-state index contributed by atoms with van der Waals surface area (Å²) in [5, 5.41) is 0.154. The molecule has 0 amide bonds. The van der Waals surface area contributed by atoms with E-state index in [1.807, 2.05) is 54.6 Å². The Morgan fingerprint density at radius 2 is 1.50 bits per heavy atom. The van der Waals surface area contributed by atoms with Gasteiger partial charge in [0.1, 0.15) is 5.75 Å². The Morgan fingerprint density at radius 3 is 2.00 bits per heavy atom. The number of benzene rings is 2. The van der Waals surface area contributed by atoms with E-state index in [1.54, 1.807) is 6.26 Å². The molecule has 0 saturated carbocycles. The maximum Gasteiger partial charge on any atom is 0.250 e. The third-order valence-electron chi connectivity index (χ3n) is 4.48. The van der Waals surface area contributed by atoms with Gasteiger partial charge in [0.15, 0.2) is 0 Å². The minimum atomic E-state index is -2.44. The van der Waals surface area contributed by atoms with Gasteiger partial charge in [0.2, 0.25) is 8.32 Å². The minimum absolute atomic E-state index is 0.154. The number of hydrogen-bond donors (Lipinski definition) is 0. The topological polar surface area (TPSA) is 38.7 Å². The second-order valence-corrected chi connectivity index (χ2v) is 14.5. The second kappa shape index (κ2) is 6.73. The largest absolute Gasteiger partial charge is 0.544 e. The van der Waals surface area contributed by atoms with Gasteiger partial charge in [0.25, 0.3) is 0 Å². The molecule has 2 aromatic carbocycles. The summed E-state index contributed by atoms with van der Waals surface area (Å²) in [7, 11) is -4.29. The lowest BCUT2D eigenvalue weighted by molar-refractivity contribution is 0.492. The molecule has 0 N–H and O–H groups in total. The van der Waals surface area contributed by atoms with E-state index in [2.05, 4.69) is 38.2 Å². The molecular formula is C19H27NO2SSi. The summed E-state index contributed by atoms with van der Waals surface area (Å²) in [4.78, 5) is 0.742. The van der Waals surface area contributed by atoms with Gasteiger partial charge < -0.3 is 4.43 Å². The fourth-order valence-electron chi connectivity index (χ4n) is 1.95. The summed E-state index contributed by atoms with van der Waals surface area (Å²) in [5.74, 6) is 0.850. The number of hydrogen-bond acceptors (Lipinski definition) is 3. The molecule has 0 saturated heterocycles. The predicted octanol–water partition coefficient (Wildman–Crippen LogP) is 5.86. The summed E-state index contributed by atoms with van der Waals surface area (Å²) in [5.41, 5.74) is 0.703. The summed E-state index contributed by atoms with van der Waals surface area (Å²) < 4.78 is 23.5. The number of nitrogens with zero attached hydrogens (tertiary/aromatic N) is 1. The molecule has 0 aromatic heterocycles. The summed E-state index contributed by atoms with van der Waals surface area (Å²) in [6, 6.07) is 16.9. The highest BCUT2D eigenvalue weighted by molar-refractivity contribution is 7.93. The van der Waals surface area contributed by atoms with Gasteiger partial charge in [-0.05, 0) is 54.5 Å². The molecule has 2 rings (SSSR count). The summed E-state index contributed by atoms with van der Waals surface area (Å²) >= 11 is 0. The van der Waals surface area contributed by atoms with Gasteiger partial charge in [0, 0.05) is 11.2 Å². The van der Waals surface area contributed by atoms with E-state index in [9.17, 15) is 4.21 Å². The molecular weight excluding hydrogens is 334 g/mol. The average molecular weight is 362 g/mol. The standard InChI is InChI=1S/C19H27NO2SSi/c1-19(2,3)24(5,6)22-17-14-12-16(13-15-17)20-23(4,21)18-10-8-7-9-11-18/h7-15H,1-6H3. The van der Waals surface area contributed by atoms with E-state index >= 15 is 0 Å². The molecule has 0 bridgehead atoms. The normalized spacial score (nSPS) is 14.8. The maximum absolute atomic E-state index is 12.8. The van der Waals surface area contributed by atoms with Gasteiger partial charge in [0.05, 0.1) is 15.4 Å². The first-order chi connectivity index (χ1) is 11.0. The van der Waals surface area contributed by atoms with Crippen molar-refractivity contribution in [1.82, 2.24) is 0 Å². The predicted molar refractivity (Wildman–Crippen MR) is 105 cm³/mol. The quantitative estimate of drug-likeness (QED) is 0.640. The van der Waals surface area contributed by atoms with Crippen LogP contribution in [0.2, 0.25) is 18.1 Å². The van der Waals surface area contributed by atoms with Crippen molar-refractivity contribution < 1.29 is 8.63 Å². The Kier molecular flexibility index (Phi) is 5.25. The van der Waals surface area contributed by atoms with Gasteiger partial charge in [-0.15, -0.1) is 0 Å². The minimum Gasteiger partial charge on any atom is -0.544 e.